The highest BCUT2D eigenvalue weighted by Gasteiger charge is 2.33. The van der Waals surface area contributed by atoms with Gasteiger partial charge in [0.05, 0.1) is 26.4 Å². The molecule has 0 fully saturated rings. The summed E-state index contributed by atoms with van der Waals surface area (Å²) in [5, 5.41) is 4.54. The minimum Gasteiger partial charge on any atom is -0.468 e. The van der Waals surface area contributed by atoms with Gasteiger partial charge in [0, 0.05) is 23.0 Å². The summed E-state index contributed by atoms with van der Waals surface area (Å²) in [4.78, 5) is 15.6. The highest BCUT2D eigenvalue weighted by Crippen LogP contribution is 2.32. The fourth-order valence-corrected chi connectivity index (χ4v) is 3.62. The molecule has 2 N–H and O–H groups in total. The number of fused-ring (bicyclic) bond motifs is 3. The van der Waals surface area contributed by atoms with Crippen LogP contribution < -0.4 is 5.32 Å². The molecule has 0 radical (unpaired) electrons. The summed E-state index contributed by atoms with van der Waals surface area (Å²) in [6.07, 6.45) is 0.612. The lowest BCUT2D eigenvalue weighted by molar-refractivity contribution is -0.143. The van der Waals surface area contributed by atoms with Crippen LogP contribution in [0.2, 0.25) is 0 Å². The molecule has 0 aliphatic carbocycles. The summed E-state index contributed by atoms with van der Waals surface area (Å²) >= 11 is 0. The number of esters is 1. The van der Waals surface area contributed by atoms with Crippen molar-refractivity contribution >= 4 is 16.9 Å². The van der Waals surface area contributed by atoms with Crippen molar-refractivity contribution in [2.75, 3.05) is 13.7 Å². The minimum atomic E-state index is -0.364. The number of para-hydroxylation sites is 1. The van der Waals surface area contributed by atoms with E-state index < -0.39 is 0 Å². The van der Waals surface area contributed by atoms with Gasteiger partial charge in [-0.15, -0.1) is 0 Å². The number of aromatic amines is 1. The van der Waals surface area contributed by atoms with Crippen LogP contribution in [0, 0.1) is 0 Å². The van der Waals surface area contributed by atoms with Gasteiger partial charge in [-0.1, -0.05) is 48.5 Å². The lowest BCUT2D eigenvalue weighted by atomic mass is 9.94. The van der Waals surface area contributed by atoms with Crippen LogP contribution in [-0.2, 0) is 27.3 Å². The second-order valence-electron chi connectivity index (χ2n) is 6.56. The number of nitrogens with one attached hydrogen (secondary N) is 2. The molecule has 4 rings (SSSR count). The lowest BCUT2D eigenvalue weighted by Crippen LogP contribution is -2.46. The first-order valence-electron chi connectivity index (χ1n) is 8.81. The monoisotopic (exact) mass is 350 g/mol. The Bertz CT molecular complexity index is 904. The molecule has 1 aliphatic heterocycles. The number of benzene rings is 2. The van der Waals surface area contributed by atoms with Gasteiger partial charge in [0.15, 0.2) is 0 Å². The number of carbonyl (C=O) groups is 1. The van der Waals surface area contributed by atoms with Crippen LogP contribution in [0.15, 0.2) is 54.6 Å². The molecule has 5 nitrogen and oxygen atoms in total. The first kappa shape index (κ1) is 16.8. The molecule has 0 bridgehead atoms. The van der Waals surface area contributed by atoms with Gasteiger partial charge in [-0.2, -0.15) is 0 Å². The van der Waals surface area contributed by atoms with E-state index in [1.165, 1.54) is 12.7 Å². The Balaban J connectivity index is 1.58. The molecular weight excluding hydrogens is 328 g/mol. The fraction of sp³-hybridized carbons (Fsp3) is 0.286. The van der Waals surface area contributed by atoms with E-state index in [2.05, 4.69) is 22.4 Å². The SMILES string of the molecule is COC(=O)[C@@H]1Cc2c([nH]c3ccccc23)[C@H](COCc2ccccc2)N1. The van der Waals surface area contributed by atoms with Gasteiger partial charge in [-0.05, 0) is 17.2 Å². The fourth-order valence-electron chi connectivity index (χ4n) is 3.62. The highest BCUT2D eigenvalue weighted by atomic mass is 16.5. The zero-order valence-corrected chi connectivity index (χ0v) is 14.7. The van der Waals surface area contributed by atoms with Gasteiger partial charge < -0.3 is 14.5 Å². The summed E-state index contributed by atoms with van der Waals surface area (Å²) in [7, 11) is 1.43. The third-order valence-corrected chi connectivity index (χ3v) is 4.89. The van der Waals surface area contributed by atoms with Gasteiger partial charge in [0.25, 0.3) is 0 Å². The standard InChI is InChI=1S/C21H22N2O3/c1-25-21(24)18-11-16-15-9-5-6-10-17(15)23-20(16)19(22-18)13-26-12-14-7-3-2-4-8-14/h2-10,18-19,22-23H,11-13H2,1H3/t18-,19-/m0/s1. The highest BCUT2D eigenvalue weighted by molar-refractivity contribution is 5.87. The number of methoxy groups -OCH3 is 1. The van der Waals surface area contributed by atoms with Gasteiger partial charge in [0.1, 0.15) is 6.04 Å². The predicted molar refractivity (Wildman–Crippen MR) is 99.8 cm³/mol. The molecule has 2 aromatic carbocycles. The van der Waals surface area contributed by atoms with Gasteiger partial charge in [0.2, 0.25) is 0 Å². The van der Waals surface area contributed by atoms with E-state index in [4.69, 9.17) is 9.47 Å². The number of hydrogen-bond acceptors (Lipinski definition) is 4. The molecule has 1 aliphatic rings. The quantitative estimate of drug-likeness (QED) is 0.694. The molecule has 1 aromatic heterocycles. The summed E-state index contributed by atoms with van der Waals surface area (Å²) < 4.78 is 10.9. The normalized spacial score (nSPS) is 19.3. The maximum absolute atomic E-state index is 12.1. The molecule has 0 unspecified atom stereocenters. The summed E-state index contributed by atoms with van der Waals surface area (Å²) in [6, 6.07) is 17.8. The molecule has 2 heterocycles. The van der Waals surface area contributed by atoms with Crippen molar-refractivity contribution in [3.8, 4) is 0 Å². The van der Waals surface area contributed by atoms with Crippen molar-refractivity contribution in [1.82, 2.24) is 10.3 Å². The van der Waals surface area contributed by atoms with Crippen LogP contribution in [0.25, 0.3) is 10.9 Å². The third kappa shape index (κ3) is 3.23. The number of hydrogen-bond donors (Lipinski definition) is 2. The molecule has 134 valence electrons. The Kier molecular flexibility index (Phi) is 4.73. The molecule has 0 spiro atoms. The van der Waals surface area contributed by atoms with Gasteiger partial charge in [-0.25, -0.2) is 0 Å². The molecule has 0 amide bonds. The van der Waals surface area contributed by atoms with Gasteiger partial charge >= 0.3 is 5.97 Å². The molecule has 2 atom stereocenters. The maximum Gasteiger partial charge on any atom is 0.323 e. The van der Waals surface area contributed by atoms with Crippen molar-refractivity contribution in [2.45, 2.75) is 25.1 Å². The lowest BCUT2D eigenvalue weighted by Gasteiger charge is -2.29. The van der Waals surface area contributed by atoms with Crippen LogP contribution in [-0.4, -0.2) is 30.7 Å². The van der Waals surface area contributed by atoms with Crippen molar-refractivity contribution in [3.05, 3.63) is 71.4 Å². The Morgan fingerprint density at radius 2 is 1.88 bits per heavy atom. The zero-order valence-electron chi connectivity index (χ0n) is 14.7. The largest absolute Gasteiger partial charge is 0.468 e. The first-order chi connectivity index (χ1) is 12.8. The average Bonchev–Trinajstić information content (AvgIpc) is 3.07. The van der Waals surface area contributed by atoms with E-state index in [-0.39, 0.29) is 18.1 Å². The van der Waals surface area contributed by atoms with E-state index in [1.807, 2.05) is 42.5 Å². The van der Waals surface area contributed by atoms with Crippen LogP contribution >= 0.6 is 0 Å². The molecule has 0 saturated carbocycles. The van der Waals surface area contributed by atoms with Crippen LogP contribution in [0.5, 0.6) is 0 Å². The van der Waals surface area contributed by atoms with Crippen molar-refractivity contribution in [2.24, 2.45) is 0 Å². The average molecular weight is 350 g/mol. The summed E-state index contributed by atoms with van der Waals surface area (Å²) in [5.41, 5.74) is 4.48. The summed E-state index contributed by atoms with van der Waals surface area (Å²) in [5.74, 6) is -0.242. The third-order valence-electron chi connectivity index (χ3n) is 4.89. The van der Waals surface area contributed by atoms with Crippen molar-refractivity contribution in [1.29, 1.82) is 0 Å². The van der Waals surface area contributed by atoms with Crippen molar-refractivity contribution in [3.63, 3.8) is 0 Å². The Hall–Kier alpha value is -2.63. The van der Waals surface area contributed by atoms with Crippen LogP contribution in [0.1, 0.15) is 22.9 Å². The smallest absolute Gasteiger partial charge is 0.323 e. The number of aromatic nitrogens is 1. The minimum absolute atomic E-state index is 0.0843. The topological polar surface area (TPSA) is 63.4 Å². The van der Waals surface area contributed by atoms with E-state index in [0.717, 1.165) is 22.2 Å². The zero-order chi connectivity index (χ0) is 17.9. The second-order valence-corrected chi connectivity index (χ2v) is 6.56. The van der Waals surface area contributed by atoms with Crippen molar-refractivity contribution < 1.29 is 14.3 Å². The molecule has 26 heavy (non-hydrogen) atoms. The van der Waals surface area contributed by atoms with Gasteiger partial charge in [-0.3, -0.25) is 10.1 Å². The first-order valence-corrected chi connectivity index (χ1v) is 8.81. The van der Waals surface area contributed by atoms with Crippen LogP contribution in [0.4, 0.5) is 0 Å². The van der Waals surface area contributed by atoms with E-state index >= 15 is 0 Å². The second kappa shape index (κ2) is 7.32. The Morgan fingerprint density at radius 3 is 2.69 bits per heavy atom. The summed E-state index contributed by atoms with van der Waals surface area (Å²) in [6.45, 7) is 1.01. The van der Waals surface area contributed by atoms with E-state index in [0.29, 0.717) is 19.6 Å². The predicted octanol–water partition coefficient (Wildman–Crippen LogP) is 3.11. The Labute approximate surface area is 152 Å². The number of rotatable bonds is 5. The van der Waals surface area contributed by atoms with Crippen LogP contribution in [0.3, 0.4) is 0 Å². The Morgan fingerprint density at radius 1 is 1.12 bits per heavy atom. The number of ether oxygens (including phenoxy) is 2. The molecule has 0 saturated heterocycles. The molecular formula is C21H22N2O3. The molecule has 3 aromatic rings. The molecule has 5 heteroatoms. The van der Waals surface area contributed by atoms with E-state index in [9.17, 15) is 4.79 Å². The number of H-pyrrole nitrogens is 1. The maximum atomic E-state index is 12.1. The van der Waals surface area contributed by atoms with E-state index in [1.54, 1.807) is 0 Å². The number of carbonyl (C=O) groups excluding carboxylic acids is 1.